The maximum absolute atomic E-state index is 13.7. The predicted molar refractivity (Wildman–Crippen MR) is 229 cm³/mol. The molecule has 0 saturated carbocycles. The molecular weight excluding hydrogens is 742 g/mol. The summed E-state index contributed by atoms with van der Waals surface area (Å²) >= 11 is 0. The van der Waals surface area contributed by atoms with E-state index in [1.807, 2.05) is 16.7 Å². The molecule has 0 unspecified atom stereocenters. The smallest absolute Gasteiger partial charge is 0.378 e. The Morgan fingerprint density at radius 2 is 1.45 bits per heavy atom. The van der Waals surface area contributed by atoms with Gasteiger partial charge in [-0.2, -0.15) is 13.2 Å². The number of nitrogens with zero attached hydrogens (tertiary/aromatic N) is 3. The van der Waals surface area contributed by atoms with Crippen LogP contribution in [0, 0.1) is 13.8 Å². The van der Waals surface area contributed by atoms with E-state index in [4.69, 9.17) is 9.72 Å². The van der Waals surface area contributed by atoms with Crippen LogP contribution in [0.3, 0.4) is 0 Å². The van der Waals surface area contributed by atoms with Gasteiger partial charge in [0.15, 0.2) is 0 Å². The van der Waals surface area contributed by atoms with Gasteiger partial charge >= 0.3 is 6.18 Å². The first kappa shape index (κ1) is 45.8. The van der Waals surface area contributed by atoms with Crippen molar-refractivity contribution in [1.29, 1.82) is 0 Å². The zero-order valence-electron chi connectivity index (χ0n) is 34.4. The molecule has 2 heterocycles. The van der Waals surface area contributed by atoms with Gasteiger partial charge in [0.25, 0.3) is 5.91 Å². The van der Waals surface area contributed by atoms with Crippen LogP contribution in [0.2, 0.25) is 0 Å². The summed E-state index contributed by atoms with van der Waals surface area (Å²) in [6.07, 6.45) is 24.2. The van der Waals surface area contributed by atoms with Crippen LogP contribution < -0.4 is 20.9 Å². The molecule has 1 saturated heterocycles. The lowest BCUT2D eigenvalue weighted by molar-refractivity contribution is -0.138. The maximum atomic E-state index is 13.7. The number of fused-ring (bicyclic) bond motifs is 1. The summed E-state index contributed by atoms with van der Waals surface area (Å²) in [5.74, 6) is 0.324. The van der Waals surface area contributed by atoms with Gasteiger partial charge in [0.2, 0.25) is 5.91 Å². The number of nitrogens with one attached hydrogen (secondary N) is 3. The van der Waals surface area contributed by atoms with Gasteiger partial charge in [0.1, 0.15) is 11.3 Å². The van der Waals surface area contributed by atoms with Crippen LogP contribution >= 0.6 is 0 Å². The number of allylic oxidation sites excluding steroid dienone is 10. The van der Waals surface area contributed by atoms with Crippen LogP contribution in [-0.4, -0.2) is 73.8 Å². The molecule has 12 heteroatoms. The first-order valence-electron chi connectivity index (χ1n) is 20.6. The van der Waals surface area contributed by atoms with Crippen molar-refractivity contribution < 1.29 is 27.5 Å². The van der Waals surface area contributed by atoms with E-state index in [0.29, 0.717) is 86.9 Å². The standard InChI is InChI=1S/C46H61F3N6O3/c1-4-5-6-7-8-9-10-11-12-13-14-15-16-17-18-19-20-24-43(56)51-27-25-50-26-28-52-45(57)40-33-39(54-29-31-58-32-30-54)34-42-44(40)53-37(3)55(42)35-38-22-21-23-41(36(38)2)46(47,48)49/h5-6,8-9,11-12,14-15,17-18,21-23,33-34,50H,4,7,10,13,16,19-20,24-32,35H2,1-3H3,(H,51,56)(H,52,57). The van der Waals surface area contributed by atoms with Crippen molar-refractivity contribution >= 4 is 28.5 Å². The summed E-state index contributed by atoms with van der Waals surface area (Å²) in [5.41, 5.74) is 2.44. The number of unbranched alkanes of at least 4 members (excludes halogenated alkanes) is 1. The monoisotopic (exact) mass is 802 g/mol. The number of anilines is 1. The van der Waals surface area contributed by atoms with Crippen LogP contribution in [0.15, 0.2) is 91.1 Å². The zero-order chi connectivity index (χ0) is 41.6. The number of imidazole rings is 1. The Morgan fingerprint density at radius 1 is 0.828 bits per heavy atom. The molecule has 314 valence electrons. The van der Waals surface area contributed by atoms with Crippen LogP contribution in [0.25, 0.3) is 11.0 Å². The summed E-state index contributed by atoms with van der Waals surface area (Å²) in [4.78, 5) is 32.8. The number of halogens is 3. The van der Waals surface area contributed by atoms with Gasteiger partial charge in [-0.3, -0.25) is 9.59 Å². The van der Waals surface area contributed by atoms with Crippen molar-refractivity contribution in [3.63, 3.8) is 0 Å². The second-order valence-corrected chi connectivity index (χ2v) is 14.2. The highest BCUT2D eigenvalue weighted by Crippen LogP contribution is 2.34. The molecule has 58 heavy (non-hydrogen) atoms. The van der Waals surface area contributed by atoms with E-state index in [2.05, 4.69) is 88.5 Å². The van der Waals surface area contributed by atoms with Crippen LogP contribution in [0.4, 0.5) is 18.9 Å². The lowest BCUT2D eigenvalue weighted by Gasteiger charge is -2.29. The third-order valence-corrected chi connectivity index (χ3v) is 9.87. The van der Waals surface area contributed by atoms with E-state index in [9.17, 15) is 22.8 Å². The topological polar surface area (TPSA) is 101 Å². The van der Waals surface area contributed by atoms with Gasteiger partial charge in [0, 0.05) is 57.9 Å². The molecule has 0 atom stereocenters. The highest BCUT2D eigenvalue weighted by atomic mass is 19.4. The number of benzene rings is 2. The number of alkyl halides is 3. The van der Waals surface area contributed by atoms with Crippen molar-refractivity contribution in [2.45, 2.75) is 84.9 Å². The number of carbonyl (C=O) groups is 2. The third kappa shape index (κ3) is 15.1. The Morgan fingerprint density at radius 3 is 2.09 bits per heavy atom. The van der Waals surface area contributed by atoms with E-state index < -0.39 is 11.7 Å². The van der Waals surface area contributed by atoms with E-state index in [-0.39, 0.29) is 23.9 Å². The van der Waals surface area contributed by atoms with Gasteiger partial charge in [-0.1, -0.05) is 79.8 Å². The fourth-order valence-electron chi connectivity index (χ4n) is 6.65. The molecule has 1 aliphatic heterocycles. The van der Waals surface area contributed by atoms with Gasteiger partial charge in [-0.15, -0.1) is 0 Å². The van der Waals surface area contributed by atoms with E-state index in [0.717, 1.165) is 56.7 Å². The summed E-state index contributed by atoms with van der Waals surface area (Å²) in [6, 6.07) is 8.01. The Labute approximate surface area is 342 Å². The third-order valence-electron chi connectivity index (χ3n) is 9.87. The van der Waals surface area contributed by atoms with Crippen molar-refractivity contribution in [3.05, 3.63) is 119 Å². The van der Waals surface area contributed by atoms with Crippen molar-refractivity contribution in [2.24, 2.45) is 0 Å². The summed E-state index contributed by atoms with van der Waals surface area (Å²) in [7, 11) is 0. The SMILES string of the molecule is CCC=CCC=CCC=CCC=CCC=CCCCC(=O)NCCNCCNC(=O)c1cc(N2CCOCC2)cc2c1nc(C)n2Cc1cccc(C(F)(F)F)c1C. The van der Waals surface area contributed by atoms with Crippen LogP contribution in [0.5, 0.6) is 0 Å². The molecule has 2 aromatic carbocycles. The van der Waals surface area contributed by atoms with Crippen LogP contribution in [0.1, 0.15) is 91.2 Å². The summed E-state index contributed by atoms with van der Waals surface area (Å²) in [5, 5.41) is 9.18. The number of amides is 2. The molecule has 0 bridgehead atoms. The molecule has 1 fully saturated rings. The van der Waals surface area contributed by atoms with E-state index >= 15 is 0 Å². The first-order valence-corrected chi connectivity index (χ1v) is 20.6. The Balaban J connectivity index is 1.17. The second-order valence-electron chi connectivity index (χ2n) is 14.2. The number of morpholine rings is 1. The van der Waals surface area contributed by atoms with Gasteiger partial charge in [-0.05, 0) is 88.1 Å². The van der Waals surface area contributed by atoms with Gasteiger partial charge < -0.3 is 30.2 Å². The normalized spacial score (nSPS) is 14.1. The Bertz CT molecular complexity index is 1900. The van der Waals surface area contributed by atoms with Gasteiger partial charge in [-0.25, -0.2) is 4.98 Å². The number of rotatable bonds is 23. The summed E-state index contributed by atoms with van der Waals surface area (Å²) < 4.78 is 48.5. The highest BCUT2D eigenvalue weighted by molar-refractivity contribution is 6.06. The maximum Gasteiger partial charge on any atom is 0.416 e. The van der Waals surface area contributed by atoms with Gasteiger partial charge in [0.05, 0.1) is 29.9 Å². The minimum absolute atomic E-state index is 0.0181. The van der Waals surface area contributed by atoms with Crippen molar-refractivity contribution in [1.82, 2.24) is 25.5 Å². The zero-order valence-corrected chi connectivity index (χ0v) is 34.4. The minimum atomic E-state index is -4.46. The molecule has 1 aliphatic rings. The Kier molecular flexibility index (Phi) is 19.5. The number of aryl methyl sites for hydroxylation is 1. The number of hydrogen-bond donors (Lipinski definition) is 3. The van der Waals surface area contributed by atoms with Crippen molar-refractivity contribution in [3.8, 4) is 0 Å². The molecule has 1 aromatic heterocycles. The van der Waals surface area contributed by atoms with Crippen LogP contribution in [-0.2, 0) is 22.3 Å². The second kappa shape index (κ2) is 24.7. The molecule has 4 rings (SSSR count). The number of ether oxygens (including phenoxy) is 1. The summed E-state index contributed by atoms with van der Waals surface area (Å²) in [6.45, 7) is 9.91. The number of carbonyl (C=O) groups excluding carboxylic acids is 2. The molecule has 2 amide bonds. The van der Waals surface area contributed by atoms with E-state index in [1.165, 1.54) is 13.0 Å². The average Bonchev–Trinajstić information content (AvgIpc) is 3.52. The molecule has 0 spiro atoms. The first-order chi connectivity index (χ1) is 28.1. The lowest BCUT2D eigenvalue weighted by atomic mass is 10.0. The number of hydrogen-bond acceptors (Lipinski definition) is 6. The lowest BCUT2D eigenvalue weighted by Crippen LogP contribution is -2.37. The molecule has 3 aromatic rings. The fraction of sp³-hybridized carbons (Fsp3) is 0.457. The predicted octanol–water partition coefficient (Wildman–Crippen LogP) is 8.91. The highest BCUT2D eigenvalue weighted by Gasteiger charge is 2.33. The molecule has 0 radical (unpaired) electrons. The molecular formula is C46H61F3N6O3. The average molecular weight is 803 g/mol. The number of aromatic nitrogens is 2. The fourth-order valence-corrected chi connectivity index (χ4v) is 6.65. The quantitative estimate of drug-likeness (QED) is 0.0655. The Hall–Kier alpha value is -4.94. The largest absolute Gasteiger partial charge is 0.416 e. The van der Waals surface area contributed by atoms with Crippen molar-refractivity contribution in [2.75, 3.05) is 57.4 Å². The van der Waals surface area contributed by atoms with E-state index in [1.54, 1.807) is 13.0 Å². The minimum Gasteiger partial charge on any atom is -0.378 e. The molecule has 9 nitrogen and oxygen atoms in total. The molecule has 0 aliphatic carbocycles. The molecule has 3 N–H and O–H groups in total.